The fraction of sp³-hybridized carbons (Fsp3) is 0.571. The number of rotatable bonds is 2. The Morgan fingerprint density at radius 2 is 1.69 bits per heavy atom. The number of piperidine rings is 1. The van der Waals surface area contributed by atoms with Crippen LogP contribution in [0.15, 0.2) is 30.3 Å². The number of benzene rings is 1. The molecule has 1 aliphatic rings. The summed E-state index contributed by atoms with van der Waals surface area (Å²) in [7, 11) is 0. The molecule has 1 saturated heterocycles. The number of alkyl halides is 1. The second kappa shape index (κ2) is 5.20. The van der Waals surface area contributed by atoms with Gasteiger partial charge in [0.1, 0.15) is 0 Å². The first kappa shape index (κ1) is 11.9. The molecular formula is C14H20ClN. The monoisotopic (exact) mass is 237 g/mol. The normalized spacial score (nSPS) is 31.6. The van der Waals surface area contributed by atoms with Gasteiger partial charge in [0.25, 0.3) is 0 Å². The Bertz CT molecular complexity index is 313. The summed E-state index contributed by atoms with van der Waals surface area (Å²) in [6.07, 6.45) is 0. The molecule has 1 nitrogen and oxygen atoms in total. The van der Waals surface area contributed by atoms with Gasteiger partial charge in [-0.25, -0.2) is 0 Å². The minimum absolute atomic E-state index is 0.340. The van der Waals surface area contributed by atoms with E-state index in [1.54, 1.807) is 0 Å². The quantitative estimate of drug-likeness (QED) is 0.713. The van der Waals surface area contributed by atoms with E-state index in [-0.39, 0.29) is 0 Å². The van der Waals surface area contributed by atoms with Crippen LogP contribution in [-0.4, -0.2) is 23.4 Å². The Labute approximate surface area is 103 Å². The van der Waals surface area contributed by atoms with Gasteiger partial charge in [0, 0.05) is 25.0 Å². The molecule has 1 heterocycles. The van der Waals surface area contributed by atoms with Gasteiger partial charge in [0.05, 0.1) is 0 Å². The molecule has 0 radical (unpaired) electrons. The van der Waals surface area contributed by atoms with Gasteiger partial charge in [-0.15, -0.1) is 11.6 Å². The topological polar surface area (TPSA) is 3.24 Å². The first-order valence-electron chi connectivity index (χ1n) is 6.07. The summed E-state index contributed by atoms with van der Waals surface area (Å²) in [5.74, 6) is 1.18. The van der Waals surface area contributed by atoms with Crippen LogP contribution in [0.4, 0.5) is 0 Å². The molecular weight excluding hydrogens is 218 g/mol. The highest BCUT2D eigenvalue weighted by Crippen LogP contribution is 2.27. The van der Waals surface area contributed by atoms with Crippen LogP contribution in [0.25, 0.3) is 0 Å². The Hall–Kier alpha value is -0.530. The third kappa shape index (κ3) is 2.78. The maximum Gasteiger partial charge on any atom is 0.0411 e. The Balaban J connectivity index is 1.97. The number of nitrogens with zero attached hydrogens (tertiary/aromatic N) is 1. The van der Waals surface area contributed by atoms with Crippen LogP contribution < -0.4 is 0 Å². The molecule has 0 saturated carbocycles. The summed E-state index contributed by atoms with van der Waals surface area (Å²) in [6, 6.07) is 10.7. The SMILES string of the molecule is CC1CN(Cc2ccccc2)CC(C)C1Cl. The summed E-state index contributed by atoms with van der Waals surface area (Å²) >= 11 is 6.36. The minimum Gasteiger partial charge on any atom is -0.298 e. The Morgan fingerprint density at radius 1 is 1.12 bits per heavy atom. The zero-order chi connectivity index (χ0) is 11.5. The molecule has 0 aromatic heterocycles. The smallest absolute Gasteiger partial charge is 0.0411 e. The van der Waals surface area contributed by atoms with Crippen LogP contribution in [0.1, 0.15) is 19.4 Å². The van der Waals surface area contributed by atoms with Gasteiger partial charge in [-0.3, -0.25) is 4.90 Å². The highest BCUT2D eigenvalue weighted by Gasteiger charge is 2.29. The van der Waals surface area contributed by atoms with Gasteiger partial charge in [-0.1, -0.05) is 44.2 Å². The average molecular weight is 238 g/mol. The lowest BCUT2D eigenvalue weighted by atomic mass is 9.91. The van der Waals surface area contributed by atoms with Crippen LogP contribution in [0.2, 0.25) is 0 Å². The summed E-state index contributed by atoms with van der Waals surface area (Å²) in [4.78, 5) is 2.52. The van der Waals surface area contributed by atoms with Crippen molar-refractivity contribution in [1.29, 1.82) is 0 Å². The molecule has 1 aromatic rings. The molecule has 0 N–H and O–H groups in total. The number of halogens is 1. The highest BCUT2D eigenvalue weighted by molar-refractivity contribution is 6.21. The molecule has 1 aromatic carbocycles. The molecule has 0 aliphatic carbocycles. The Kier molecular flexibility index (Phi) is 3.88. The van der Waals surface area contributed by atoms with Crippen LogP contribution in [0, 0.1) is 11.8 Å². The van der Waals surface area contributed by atoms with E-state index in [2.05, 4.69) is 49.1 Å². The zero-order valence-electron chi connectivity index (χ0n) is 10.1. The van der Waals surface area contributed by atoms with Crippen molar-refractivity contribution >= 4 is 11.6 Å². The molecule has 2 atom stereocenters. The number of hydrogen-bond donors (Lipinski definition) is 0. The molecule has 1 aliphatic heterocycles. The van der Waals surface area contributed by atoms with Gasteiger partial charge < -0.3 is 0 Å². The third-order valence-electron chi connectivity index (χ3n) is 3.43. The van der Waals surface area contributed by atoms with E-state index in [9.17, 15) is 0 Å². The lowest BCUT2D eigenvalue weighted by Crippen LogP contribution is -2.44. The lowest BCUT2D eigenvalue weighted by Gasteiger charge is -2.38. The van der Waals surface area contributed by atoms with E-state index in [4.69, 9.17) is 11.6 Å². The molecule has 2 rings (SSSR count). The van der Waals surface area contributed by atoms with Crippen LogP contribution >= 0.6 is 11.6 Å². The van der Waals surface area contributed by atoms with E-state index >= 15 is 0 Å². The van der Waals surface area contributed by atoms with Crippen molar-refractivity contribution in [3.63, 3.8) is 0 Å². The van der Waals surface area contributed by atoms with Crippen molar-refractivity contribution < 1.29 is 0 Å². The van der Waals surface area contributed by atoms with Gasteiger partial charge in [-0.2, -0.15) is 0 Å². The second-order valence-corrected chi connectivity index (χ2v) is 5.58. The largest absolute Gasteiger partial charge is 0.298 e. The van der Waals surface area contributed by atoms with Crippen molar-refractivity contribution in [2.45, 2.75) is 25.8 Å². The van der Waals surface area contributed by atoms with Crippen LogP contribution in [0.3, 0.4) is 0 Å². The van der Waals surface area contributed by atoms with Gasteiger partial charge in [-0.05, 0) is 17.4 Å². The second-order valence-electron chi connectivity index (χ2n) is 5.08. The molecule has 16 heavy (non-hydrogen) atoms. The molecule has 1 fully saturated rings. The van der Waals surface area contributed by atoms with E-state index in [1.807, 2.05) is 0 Å². The molecule has 0 bridgehead atoms. The Morgan fingerprint density at radius 3 is 2.25 bits per heavy atom. The summed E-state index contributed by atoms with van der Waals surface area (Å²) in [5, 5.41) is 0.340. The fourth-order valence-electron chi connectivity index (χ4n) is 2.62. The maximum absolute atomic E-state index is 6.36. The van der Waals surface area contributed by atoms with Gasteiger partial charge in [0.15, 0.2) is 0 Å². The van der Waals surface area contributed by atoms with E-state index in [0.29, 0.717) is 17.2 Å². The van der Waals surface area contributed by atoms with Crippen molar-refractivity contribution in [2.75, 3.05) is 13.1 Å². The zero-order valence-corrected chi connectivity index (χ0v) is 10.8. The van der Waals surface area contributed by atoms with Gasteiger partial charge >= 0.3 is 0 Å². The van der Waals surface area contributed by atoms with Crippen molar-refractivity contribution in [2.24, 2.45) is 11.8 Å². The molecule has 0 spiro atoms. The molecule has 88 valence electrons. The summed E-state index contributed by atoms with van der Waals surface area (Å²) in [6.45, 7) is 7.80. The van der Waals surface area contributed by atoms with Crippen LogP contribution in [-0.2, 0) is 6.54 Å². The fourth-order valence-corrected chi connectivity index (χ4v) is 2.78. The highest BCUT2D eigenvalue weighted by atomic mass is 35.5. The van der Waals surface area contributed by atoms with Crippen molar-refractivity contribution in [3.05, 3.63) is 35.9 Å². The number of hydrogen-bond acceptors (Lipinski definition) is 1. The third-order valence-corrected chi connectivity index (χ3v) is 4.29. The summed E-state index contributed by atoms with van der Waals surface area (Å²) in [5.41, 5.74) is 1.40. The van der Waals surface area contributed by atoms with Crippen molar-refractivity contribution in [3.8, 4) is 0 Å². The van der Waals surface area contributed by atoms with E-state index in [0.717, 1.165) is 19.6 Å². The van der Waals surface area contributed by atoms with E-state index < -0.39 is 0 Å². The molecule has 2 heteroatoms. The first-order chi connectivity index (χ1) is 7.66. The number of likely N-dealkylation sites (tertiary alicyclic amines) is 1. The summed E-state index contributed by atoms with van der Waals surface area (Å²) < 4.78 is 0. The first-order valence-corrected chi connectivity index (χ1v) is 6.51. The van der Waals surface area contributed by atoms with Gasteiger partial charge in [0.2, 0.25) is 0 Å². The molecule has 0 amide bonds. The van der Waals surface area contributed by atoms with Crippen molar-refractivity contribution in [1.82, 2.24) is 4.90 Å². The lowest BCUT2D eigenvalue weighted by molar-refractivity contribution is 0.138. The predicted octanol–water partition coefficient (Wildman–Crippen LogP) is 3.38. The van der Waals surface area contributed by atoms with Crippen LogP contribution in [0.5, 0.6) is 0 Å². The molecule has 2 unspecified atom stereocenters. The standard InChI is InChI=1S/C14H20ClN/c1-11-8-16(9-12(2)14(11)15)10-13-6-4-3-5-7-13/h3-7,11-12,14H,8-10H2,1-2H3. The predicted molar refractivity (Wildman–Crippen MR) is 69.7 cm³/mol. The minimum atomic E-state index is 0.340. The average Bonchev–Trinajstić information content (AvgIpc) is 2.27. The van der Waals surface area contributed by atoms with E-state index in [1.165, 1.54) is 5.56 Å². The maximum atomic E-state index is 6.36.